The third kappa shape index (κ3) is 6.39. The molecule has 3 nitrogen and oxygen atoms in total. The number of nitrogens with one attached hydrogen (secondary N) is 1. The molecule has 3 heteroatoms. The first-order valence-corrected chi connectivity index (χ1v) is 7.16. The molecule has 0 aliphatic carbocycles. The molecule has 0 aliphatic rings. The van der Waals surface area contributed by atoms with Crippen LogP contribution in [0.25, 0.3) is 0 Å². The predicted octanol–water partition coefficient (Wildman–Crippen LogP) is 2.99. The highest BCUT2D eigenvalue weighted by molar-refractivity contribution is 5.76. The summed E-state index contributed by atoms with van der Waals surface area (Å²) in [7, 11) is 2.07. The van der Waals surface area contributed by atoms with Crippen LogP contribution in [0.5, 0.6) is 0 Å². The summed E-state index contributed by atoms with van der Waals surface area (Å²) in [4.78, 5) is 14.1. The van der Waals surface area contributed by atoms with Crippen LogP contribution in [0.15, 0.2) is 30.3 Å². The Morgan fingerprint density at radius 3 is 2.58 bits per heavy atom. The lowest BCUT2D eigenvalue weighted by atomic mass is 10.1. The van der Waals surface area contributed by atoms with Gasteiger partial charge in [0.25, 0.3) is 0 Å². The number of carbonyl (C=O) groups is 1. The molecule has 0 bridgehead atoms. The molecule has 1 N–H and O–H groups in total. The highest BCUT2D eigenvalue weighted by Gasteiger charge is 2.09. The van der Waals surface area contributed by atoms with Crippen molar-refractivity contribution >= 4 is 5.91 Å². The van der Waals surface area contributed by atoms with Crippen LogP contribution in [0.1, 0.15) is 44.7 Å². The first-order chi connectivity index (χ1) is 9.13. The molecule has 0 radical (unpaired) electrons. The van der Waals surface area contributed by atoms with E-state index in [1.54, 1.807) is 0 Å². The molecule has 0 saturated carbocycles. The molecule has 1 atom stereocenters. The Morgan fingerprint density at radius 1 is 1.26 bits per heavy atom. The Hall–Kier alpha value is -1.35. The minimum Gasteiger partial charge on any atom is -0.350 e. The van der Waals surface area contributed by atoms with Gasteiger partial charge in [-0.3, -0.25) is 4.79 Å². The van der Waals surface area contributed by atoms with Crippen molar-refractivity contribution in [2.24, 2.45) is 0 Å². The zero-order valence-electron chi connectivity index (χ0n) is 12.4. The lowest BCUT2D eigenvalue weighted by molar-refractivity contribution is -0.122. The minimum atomic E-state index is 0.0784. The zero-order valence-corrected chi connectivity index (χ0v) is 12.4. The summed E-state index contributed by atoms with van der Waals surface area (Å²) < 4.78 is 0. The van der Waals surface area contributed by atoms with Gasteiger partial charge in [0.1, 0.15) is 0 Å². The standard InChI is InChI=1S/C16H26N2O/c1-4-5-12-18(3)13-11-16(19)17-14(2)15-9-7-6-8-10-15/h6-10,14H,4-5,11-13H2,1-3H3,(H,17,19). The van der Waals surface area contributed by atoms with Gasteiger partial charge in [-0.2, -0.15) is 0 Å². The second kappa shape index (κ2) is 8.70. The number of hydrogen-bond acceptors (Lipinski definition) is 2. The van der Waals surface area contributed by atoms with Crippen molar-refractivity contribution in [1.82, 2.24) is 10.2 Å². The molecule has 0 heterocycles. The monoisotopic (exact) mass is 262 g/mol. The zero-order chi connectivity index (χ0) is 14.1. The summed E-state index contributed by atoms with van der Waals surface area (Å²) >= 11 is 0. The summed E-state index contributed by atoms with van der Waals surface area (Å²) in [5.41, 5.74) is 1.15. The van der Waals surface area contributed by atoms with E-state index in [-0.39, 0.29) is 11.9 Å². The number of benzene rings is 1. The van der Waals surface area contributed by atoms with Gasteiger partial charge < -0.3 is 10.2 Å². The fourth-order valence-electron chi connectivity index (χ4n) is 1.97. The van der Waals surface area contributed by atoms with Gasteiger partial charge in [0, 0.05) is 13.0 Å². The van der Waals surface area contributed by atoms with E-state index in [0.29, 0.717) is 6.42 Å². The lowest BCUT2D eigenvalue weighted by Gasteiger charge is -2.18. The van der Waals surface area contributed by atoms with Crippen molar-refractivity contribution in [2.45, 2.75) is 39.2 Å². The molecule has 1 amide bonds. The van der Waals surface area contributed by atoms with Crippen LogP contribution in [0.4, 0.5) is 0 Å². The second-order valence-electron chi connectivity index (χ2n) is 5.11. The van der Waals surface area contributed by atoms with Crippen molar-refractivity contribution in [2.75, 3.05) is 20.1 Å². The van der Waals surface area contributed by atoms with Gasteiger partial charge in [0.05, 0.1) is 6.04 Å². The van der Waals surface area contributed by atoms with Crippen LogP contribution in [-0.4, -0.2) is 30.9 Å². The van der Waals surface area contributed by atoms with Gasteiger partial charge in [-0.05, 0) is 32.5 Å². The molecule has 0 aromatic heterocycles. The lowest BCUT2D eigenvalue weighted by Crippen LogP contribution is -2.31. The molecule has 0 aliphatic heterocycles. The Morgan fingerprint density at radius 2 is 1.95 bits per heavy atom. The van der Waals surface area contributed by atoms with Gasteiger partial charge in [0.15, 0.2) is 0 Å². The predicted molar refractivity (Wildman–Crippen MR) is 80.0 cm³/mol. The Labute approximate surface area is 117 Å². The van der Waals surface area contributed by atoms with Crippen molar-refractivity contribution in [1.29, 1.82) is 0 Å². The van der Waals surface area contributed by atoms with Gasteiger partial charge in [0.2, 0.25) is 5.91 Å². The maximum Gasteiger partial charge on any atom is 0.221 e. The fourth-order valence-corrected chi connectivity index (χ4v) is 1.97. The summed E-state index contributed by atoms with van der Waals surface area (Å²) in [5.74, 6) is 0.125. The van der Waals surface area contributed by atoms with E-state index in [1.165, 1.54) is 12.8 Å². The third-order valence-electron chi connectivity index (χ3n) is 3.29. The Balaban J connectivity index is 2.27. The average molecular weight is 262 g/mol. The first kappa shape index (κ1) is 15.7. The highest BCUT2D eigenvalue weighted by atomic mass is 16.1. The summed E-state index contributed by atoms with van der Waals surface area (Å²) in [6.45, 7) is 6.10. The fraction of sp³-hybridized carbons (Fsp3) is 0.562. The van der Waals surface area contributed by atoms with Crippen LogP contribution < -0.4 is 5.32 Å². The minimum absolute atomic E-state index is 0.0784. The number of unbranched alkanes of at least 4 members (excludes halogenated alkanes) is 1. The van der Waals surface area contributed by atoms with Crippen LogP contribution in [-0.2, 0) is 4.79 Å². The first-order valence-electron chi connectivity index (χ1n) is 7.16. The summed E-state index contributed by atoms with van der Waals surface area (Å²) in [6.07, 6.45) is 2.96. The van der Waals surface area contributed by atoms with Crippen molar-refractivity contribution in [3.8, 4) is 0 Å². The molecule has 1 aromatic carbocycles. The smallest absolute Gasteiger partial charge is 0.221 e. The number of carbonyl (C=O) groups excluding carboxylic acids is 1. The number of nitrogens with zero attached hydrogens (tertiary/aromatic N) is 1. The molecule has 1 aromatic rings. The molecule has 1 rings (SSSR count). The molecule has 0 spiro atoms. The number of hydrogen-bond donors (Lipinski definition) is 1. The number of rotatable bonds is 8. The largest absolute Gasteiger partial charge is 0.350 e. The summed E-state index contributed by atoms with van der Waals surface area (Å²) in [5, 5.41) is 3.04. The van der Waals surface area contributed by atoms with Crippen LogP contribution in [0.3, 0.4) is 0 Å². The van der Waals surface area contributed by atoms with Crippen LogP contribution in [0, 0.1) is 0 Å². The van der Waals surface area contributed by atoms with E-state index in [4.69, 9.17) is 0 Å². The average Bonchev–Trinajstić information content (AvgIpc) is 2.43. The van der Waals surface area contributed by atoms with E-state index in [2.05, 4.69) is 24.2 Å². The summed E-state index contributed by atoms with van der Waals surface area (Å²) in [6, 6.07) is 10.1. The van der Waals surface area contributed by atoms with E-state index in [1.807, 2.05) is 37.3 Å². The quantitative estimate of drug-likeness (QED) is 0.781. The highest BCUT2D eigenvalue weighted by Crippen LogP contribution is 2.11. The van der Waals surface area contributed by atoms with Crippen LogP contribution in [0.2, 0.25) is 0 Å². The topological polar surface area (TPSA) is 32.3 Å². The normalized spacial score (nSPS) is 12.4. The molecule has 1 unspecified atom stereocenters. The molecular weight excluding hydrogens is 236 g/mol. The molecule has 19 heavy (non-hydrogen) atoms. The maximum absolute atomic E-state index is 11.9. The molecular formula is C16H26N2O. The van der Waals surface area contributed by atoms with E-state index >= 15 is 0 Å². The van der Waals surface area contributed by atoms with Gasteiger partial charge in [-0.25, -0.2) is 0 Å². The SMILES string of the molecule is CCCCN(C)CCC(=O)NC(C)c1ccccc1. The third-order valence-corrected chi connectivity index (χ3v) is 3.29. The van der Waals surface area contributed by atoms with E-state index < -0.39 is 0 Å². The molecule has 106 valence electrons. The Bertz CT molecular complexity index is 364. The van der Waals surface area contributed by atoms with E-state index in [9.17, 15) is 4.79 Å². The van der Waals surface area contributed by atoms with Crippen molar-refractivity contribution in [3.05, 3.63) is 35.9 Å². The Kier molecular flexibility index (Phi) is 7.19. The molecule has 0 fully saturated rings. The second-order valence-corrected chi connectivity index (χ2v) is 5.11. The molecule has 0 saturated heterocycles. The van der Waals surface area contributed by atoms with Crippen molar-refractivity contribution in [3.63, 3.8) is 0 Å². The van der Waals surface area contributed by atoms with E-state index in [0.717, 1.165) is 18.7 Å². The van der Waals surface area contributed by atoms with Gasteiger partial charge >= 0.3 is 0 Å². The van der Waals surface area contributed by atoms with Crippen molar-refractivity contribution < 1.29 is 4.79 Å². The van der Waals surface area contributed by atoms with Gasteiger partial charge in [-0.1, -0.05) is 43.7 Å². The maximum atomic E-state index is 11.9. The number of amides is 1. The van der Waals surface area contributed by atoms with Gasteiger partial charge in [-0.15, -0.1) is 0 Å². The van der Waals surface area contributed by atoms with Crippen LogP contribution >= 0.6 is 0 Å².